The first-order valence-electron chi connectivity index (χ1n) is 5.01. The number of pyridine rings is 1. The van der Waals surface area contributed by atoms with Crippen molar-refractivity contribution in [2.75, 3.05) is 0 Å². The number of nitrogens with zero attached hydrogens (tertiary/aromatic N) is 3. The van der Waals surface area contributed by atoms with Crippen LogP contribution < -0.4 is 0 Å². The zero-order chi connectivity index (χ0) is 11.0. The van der Waals surface area contributed by atoms with E-state index in [9.17, 15) is 0 Å². The summed E-state index contributed by atoms with van der Waals surface area (Å²) in [5.74, 6) is 0.353. The second kappa shape index (κ2) is 3.39. The lowest BCUT2D eigenvalue weighted by atomic mass is 10.0. The fraction of sp³-hybridized carbons (Fsp3) is 0.333. The highest BCUT2D eigenvalue weighted by molar-refractivity contribution is 5.51. The molecule has 0 unspecified atom stereocenters. The summed E-state index contributed by atoms with van der Waals surface area (Å²) in [6, 6.07) is 4.07. The number of aromatic nitrogens is 2. The molecule has 0 aromatic carbocycles. The molecule has 0 atom stereocenters. The minimum Gasteiger partial charge on any atom is -0.306 e. The molecule has 0 aliphatic heterocycles. The fourth-order valence-corrected chi connectivity index (χ4v) is 1.73. The van der Waals surface area contributed by atoms with Gasteiger partial charge in [0.25, 0.3) is 0 Å². The van der Waals surface area contributed by atoms with Crippen molar-refractivity contribution in [3.05, 3.63) is 35.3 Å². The Hall–Kier alpha value is -1.82. The summed E-state index contributed by atoms with van der Waals surface area (Å²) in [6.07, 6.45) is 3.97. The number of nitriles is 1. The van der Waals surface area contributed by atoms with Gasteiger partial charge in [-0.05, 0) is 24.5 Å². The van der Waals surface area contributed by atoms with Crippen LogP contribution in [0.4, 0.5) is 0 Å². The molecule has 15 heavy (non-hydrogen) atoms. The molecule has 3 nitrogen and oxygen atoms in total. The van der Waals surface area contributed by atoms with Gasteiger partial charge in [-0.15, -0.1) is 0 Å². The van der Waals surface area contributed by atoms with Gasteiger partial charge in [-0.1, -0.05) is 13.8 Å². The Labute approximate surface area is 89.0 Å². The summed E-state index contributed by atoms with van der Waals surface area (Å²) in [6.45, 7) is 6.13. The molecule has 0 bridgehead atoms. The molecule has 0 N–H and O–H groups in total. The number of rotatable bonds is 1. The minimum atomic E-state index is 0.353. The van der Waals surface area contributed by atoms with Crippen LogP contribution in [-0.2, 0) is 0 Å². The van der Waals surface area contributed by atoms with Crippen molar-refractivity contribution in [1.29, 1.82) is 5.26 Å². The maximum atomic E-state index is 9.05. The molecule has 2 aromatic heterocycles. The highest BCUT2D eigenvalue weighted by Crippen LogP contribution is 2.20. The predicted octanol–water partition coefficient (Wildman–Crippen LogP) is 2.64. The van der Waals surface area contributed by atoms with E-state index in [2.05, 4.69) is 24.9 Å². The average Bonchev–Trinajstić information content (AvgIpc) is 2.54. The van der Waals surface area contributed by atoms with E-state index in [1.54, 1.807) is 0 Å². The molecule has 0 saturated heterocycles. The van der Waals surface area contributed by atoms with Crippen molar-refractivity contribution in [3.63, 3.8) is 0 Å². The van der Waals surface area contributed by atoms with E-state index in [1.165, 1.54) is 0 Å². The third-order valence-corrected chi connectivity index (χ3v) is 2.49. The lowest BCUT2D eigenvalue weighted by Crippen LogP contribution is -1.96. The molecule has 2 rings (SSSR count). The second-order valence-corrected chi connectivity index (χ2v) is 4.06. The van der Waals surface area contributed by atoms with Gasteiger partial charge in [0, 0.05) is 12.4 Å². The Morgan fingerprint density at radius 3 is 2.73 bits per heavy atom. The van der Waals surface area contributed by atoms with Crippen LogP contribution in [0.1, 0.15) is 36.6 Å². The van der Waals surface area contributed by atoms with Gasteiger partial charge in [-0.25, -0.2) is 4.98 Å². The third kappa shape index (κ3) is 1.59. The zero-order valence-corrected chi connectivity index (χ0v) is 9.15. The van der Waals surface area contributed by atoms with Crippen LogP contribution in [0.25, 0.3) is 5.65 Å². The Kier molecular flexibility index (Phi) is 2.20. The summed E-state index contributed by atoms with van der Waals surface area (Å²) in [5.41, 5.74) is 3.61. The molecule has 0 fully saturated rings. The Bertz CT molecular complexity index is 544. The molecule has 2 aromatic rings. The van der Waals surface area contributed by atoms with Crippen molar-refractivity contribution < 1.29 is 0 Å². The molecule has 2 heterocycles. The van der Waals surface area contributed by atoms with E-state index in [0.717, 1.165) is 22.5 Å². The van der Waals surface area contributed by atoms with E-state index in [-0.39, 0.29) is 0 Å². The van der Waals surface area contributed by atoms with Gasteiger partial charge in [-0.3, -0.25) is 0 Å². The van der Waals surface area contributed by atoms with E-state index < -0.39 is 0 Å². The molecule has 0 amide bonds. The van der Waals surface area contributed by atoms with E-state index in [0.29, 0.717) is 5.92 Å². The molecule has 0 radical (unpaired) electrons. The Morgan fingerprint density at radius 1 is 1.40 bits per heavy atom. The van der Waals surface area contributed by atoms with Gasteiger partial charge in [0.1, 0.15) is 5.65 Å². The molecular formula is C12H13N3. The monoisotopic (exact) mass is 199 g/mol. The first-order valence-corrected chi connectivity index (χ1v) is 5.01. The van der Waals surface area contributed by atoms with E-state index in [1.807, 2.05) is 29.8 Å². The number of fused-ring (bicyclic) bond motifs is 1. The third-order valence-electron chi connectivity index (χ3n) is 2.49. The van der Waals surface area contributed by atoms with Crippen LogP contribution in [0.15, 0.2) is 18.5 Å². The zero-order valence-electron chi connectivity index (χ0n) is 9.15. The summed E-state index contributed by atoms with van der Waals surface area (Å²) >= 11 is 0. The van der Waals surface area contributed by atoms with Gasteiger partial charge >= 0.3 is 0 Å². The minimum absolute atomic E-state index is 0.353. The fourth-order valence-electron chi connectivity index (χ4n) is 1.73. The molecule has 76 valence electrons. The number of imidazole rings is 1. The van der Waals surface area contributed by atoms with Crippen LogP contribution in [0.2, 0.25) is 0 Å². The van der Waals surface area contributed by atoms with Crippen LogP contribution in [0, 0.1) is 18.3 Å². The standard InChI is InChI=1S/C12H13N3/c1-8(2)11-7-15-6-9(3)14-12(15)4-10(11)5-13/h4,6-8H,1-3H3. The molecule has 0 spiro atoms. The van der Waals surface area contributed by atoms with Gasteiger partial charge in [0.2, 0.25) is 0 Å². The topological polar surface area (TPSA) is 41.1 Å². The lowest BCUT2D eigenvalue weighted by Gasteiger charge is -2.08. The quantitative estimate of drug-likeness (QED) is 0.708. The van der Waals surface area contributed by atoms with E-state index >= 15 is 0 Å². The largest absolute Gasteiger partial charge is 0.306 e. The molecule has 0 aliphatic rings. The molecule has 0 aliphatic carbocycles. The Morgan fingerprint density at radius 2 is 2.13 bits per heavy atom. The van der Waals surface area contributed by atoms with Crippen LogP contribution in [0.3, 0.4) is 0 Å². The summed E-state index contributed by atoms with van der Waals surface area (Å²) < 4.78 is 1.98. The first kappa shape index (κ1) is 9.72. The van der Waals surface area contributed by atoms with Gasteiger partial charge in [0.15, 0.2) is 0 Å². The maximum absolute atomic E-state index is 9.05. The number of hydrogen-bond acceptors (Lipinski definition) is 2. The number of aryl methyl sites for hydroxylation is 1. The normalized spacial score (nSPS) is 10.9. The molecule has 3 heteroatoms. The van der Waals surface area contributed by atoms with Crippen molar-refractivity contribution >= 4 is 5.65 Å². The summed E-state index contributed by atoms with van der Waals surface area (Å²) in [5, 5.41) is 9.05. The predicted molar refractivity (Wildman–Crippen MR) is 58.7 cm³/mol. The van der Waals surface area contributed by atoms with Crippen LogP contribution in [0.5, 0.6) is 0 Å². The second-order valence-electron chi connectivity index (χ2n) is 4.06. The van der Waals surface area contributed by atoms with Crippen molar-refractivity contribution in [2.24, 2.45) is 0 Å². The van der Waals surface area contributed by atoms with Gasteiger partial charge in [0.05, 0.1) is 17.3 Å². The average molecular weight is 199 g/mol. The van der Waals surface area contributed by atoms with Crippen molar-refractivity contribution in [1.82, 2.24) is 9.38 Å². The van der Waals surface area contributed by atoms with Crippen LogP contribution >= 0.6 is 0 Å². The molecule has 0 saturated carbocycles. The summed E-state index contributed by atoms with van der Waals surface area (Å²) in [7, 11) is 0. The van der Waals surface area contributed by atoms with Crippen molar-refractivity contribution in [3.8, 4) is 6.07 Å². The molecular weight excluding hydrogens is 186 g/mol. The van der Waals surface area contributed by atoms with Gasteiger partial charge in [-0.2, -0.15) is 5.26 Å². The number of hydrogen-bond donors (Lipinski definition) is 0. The van der Waals surface area contributed by atoms with Crippen LogP contribution in [-0.4, -0.2) is 9.38 Å². The maximum Gasteiger partial charge on any atom is 0.138 e. The van der Waals surface area contributed by atoms with Gasteiger partial charge < -0.3 is 4.40 Å². The smallest absolute Gasteiger partial charge is 0.138 e. The highest BCUT2D eigenvalue weighted by atomic mass is 15.0. The SMILES string of the molecule is Cc1cn2cc(C(C)C)c(C#N)cc2n1. The summed E-state index contributed by atoms with van der Waals surface area (Å²) in [4.78, 5) is 4.33. The Balaban J connectivity index is 2.75. The lowest BCUT2D eigenvalue weighted by molar-refractivity contribution is 0.849. The van der Waals surface area contributed by atoms with Crippen molar-refractivity contribution in [2.45, 2.75) is 26.7 Å². The highest BCUT2D eigenvalue weighted by Gasteiger charge is 2.09. The van der Waals surface area contributed by atoms with E-state index in [4.69, 9.17) is 5.26 Å². The first-order chi connectivity index (χ1) is 7.11.